The Hall–Kier alpha value is -2.14. The van der Waals surface area contributed by atoms with E-state index < -0.39 is 5.82 Å². The molecule has 6 heteroatoms. The number of hydrogen-bond donors (Lipinski definition) is 2. The van der Waals surface area contributed by atoms with Gasteiger partial charge >= 0.3 is 0 Å². The van der Waals surface area contributed by atoms with Gasteiger partial charge in [-0.25, -0.2) is 4.39 Å². The van der Waals surface area contributed by atoms with Crippen LogP contribution in [-0.2, 0) is 0 Å². The highest BCUT2D eigenvalue weighted by molar-refractivity contribution is 6.31. The third-order valence-electron chi connectivity index (χ3n) is 2.46. The molecule has 98 valence electrons. The zero-order valence-corrected chi connectivity index (χ0v) is 10.8. The van der Waals surface area contributed by atoms with Crippen LogP contribution in [0.5, 0.6) is 0 Å². The zero-order chi connectivity index (χ0) is 13.8. The zero-order valence-electron chi connectivity index (χ0n) is 10.1. The molecule has 19 heavy (non-hydrogen) atoms. The van der Waals surface area contributed by atoms with Gasteiger partial charge in [0.2, 0.25) is 0 Å². The molecule has 0 saturated carbocycles. The molecule has 2 aromatic rings. The molecule has 1 aromatic heterocycles. The van der Waals surface area contributed by atoms with E-state index in [4.69, 9.17) is 11.6 Å². The van der Waals surface area contributed by atoms with Crippen molar-refractivity contribution >= 4 is 28.9 Å². The molecule has 0 bridgehead atoms. The molecule has 0 atom stereocenters. The molecule has 4 nitrogen and oxygen atoms in total. The van der Waals surface area contributed by atoms with Crippen LogP contribution in [0.2, 0.25) is 5.02 Å². The van der Waals surface area contributed by atoms with E-state index in [0.29, 0.717) is 16.9 Å². The smallest absolute Gasteiger partial charge is 0.257 e. The van der Waals surface area contributed by atoms with Gasteiger partial charge in [0.05, 0.1) is 17.4 Å². The summed E-state index contributed by atoms with van der Waals surface area (Å²) in [5.41, 5.74) is 1.30. The molecule has 0 unspecified atom stereocenters. The standard InChI is InChI=1S/C13H11ClFN3O/c1-16-12-7-17-3-2-11(12)13(19)18-10-5-8(14)4-9(15)6-10/h2-7,16H,1H3,(H,18,19). The van der Waals surface area contributed by atoms with Crippen LogP contribution in [0.3, 0.4) is 0 Å². The van der Waals surface area contributed by atoms with Crippen LogP contribution in [0.1, 0.15) is 10.4 Å². The van der Waals surface area contributed by atoms with Crippen molar-refractivity contribution in [1.29, 1.82) is 0 Å². The largest absolute Gasteiger partial charge is 0.386 e. The van der Waals surface area contributed by atoms with Crippen LogP contribution in [0.25, 0.3) is 0 Å². The van der Waals surface area contributed by atoms with E-state index in [9.17, 15) is 9.18 Å². The molecule has 0 saturated heterocycles. The number of nitrogens with one attached hydrogen (secondary N) is 2. The van der Waals surface area contributed by atoms with Gasteiger partial charge in [-0.3, -0.25) is 9.78 Å². The molecular formula is C13H11ClFN3O. The second kappa shape index (κ2) is 5.67. The maximum atomic E-state index is 13.2. The Balaban J connectivity index is 2.25. The predicted octanol–water partition coefficient (Wildman–Crippen LogP) is 3.17. The molecule has 1 heterocycles. The van der Waals surface area contributed by atoms with E-state index in [0.717, 1.165) is 0 Å². The maximum absolute atomic E-state index is 13.2. The molecule has 1 aromatic carbocycles. The number of halogens is 2. The first-order chi connectivity index (χ1) is 9.10. The number of pyridine rings is 1. The molecule has 0 radical (unpaired) electrons. The van der Waals surface area contributed by atoms with E-state index in [1.807, 2.05) is 0 Å². The fourth-order valence-electron chi connectivity index (χ4n) is 1.62. The van der Waals surface area contributed by atoms with Crippen LogP contribution < -0.4 is 10.6 Å². The summed E-state index contributed by atoms with van der Waals surface area (Å²) in [5.74, 6) is -0.875. The van der Waals surface area contributed by atoms with Crippen molar-refractivity contribution in [1.82, 2.24) is 4.98 Å². The van der Waals surface area contributed by atoms with Crippen molar-refractivity contribution in [2.24, 2.45) is 0 Å². The van der Waals surface area contributed by atoms with Gasteiger partial charge < -0.3 is 10.6 Å². The molecule has 2 rings (SSSR count). The van der Waals surface area contributed by atoms with Crippen LogP contribution in [0.15, 0.2) is 36.7 Å². The highest BCUT2D eigenvalue weighted by Gasteiger charge is 2.11. The summed E-state index contributed by atoms with van der Waals surface area (Å²) >= 11 is 5.72. The fraction of sp³-hybridized carbons (Fsp3) is 0.0769. The molecule has 0 aliphatic carbocycles. The monoisotopic (exact) mass is 279 g/mol. The van der Waals surface area contributed by atoms with Crippen molar-refractivity contribution in [2.75, 3.05) is 17.7 Å². The normalized spacial score (nSPS) is 10.1. The topological polar surface area (TPSA) is 54.0 Å². The van der Waals surface area contributed by atoms with E-state index in [-0.39, 0.29) is 10.9 Å². The lowest BCUT2D eigenvalue weighted by Gasteiger charge is -2.09. The molecule has 0 spiro atoms. The summed E-state index contributed by atoms with van der Waals surface area (Å²) in [6.45, 7) is 0. The quantitative estimate of drug-likeness (QED) is 0.907. The van der Waals surface area contributed by atoms with Crippen LogP contribution in [-0.4, -0.2) is 17.9 Å². The number of rotatable bonds is 3. The van der Waals surface area contributed by atoms with Gasteiger partial charge in [0, 0.05) is 24.0 Å². The average Bonchev–Trinajstić information content (AvgIpc) is 2.37. The Labute approximate surface area is 114 Å². The highest BCUT2D eigenvalue weighted by Crippen LogP contribution is 2.20. The van der Waals surface area contributed by atoms with Crippen molar-refractivity contribution < 1.29 is 9.18 Å². The van der Waals surface area contributed by atoms with Crippen molar-refractivity contribution in [2.45, 2.75) is 0 Å². The SMILES string of the molecule is CNc1cnccc1C(=O)Nc1cc(F)cc(Cl)c1. The van der Waals surface area contributed by atoms with Crippen molar-refractivity contribution in [3.63, 3.8) is 0 Å². The second-order valence-corrected chi connectivity index (χ2v) is 4.22. The maximum Gasteiger partial charge on any atom is 0.257 e. The third-order valence-corrected chi connectivity index (χ3v) is 2.67. The summed E-state index contributed by atoms with van der Waals surface area (Å²) in [6, 6.07) is 5.41. The first-order valence-electron chi connectivity index (χ1n) is 5.49. The summed E-state index contributed by atoms with van der Waals surface area (Å²) < 4.78 is 13.2. The lowest BCUT2D eigenvalue weighted by molar-refractivity contribution is 0.102. The Morgan fingerprint density at radius 2 is 2.16 bits per heavy atom. The lowest BCUT2D eigenvalue weighted by Crippen LogP contribution is -2.14. The molecular weight excluding hydrogens is 269 g/mol. The number of aromatic nitrogens is 1. The molecule has 1 amide bonds. The molecule has 0 aliphatic rings. The van der Waals surface area contributed by atoms with E-state index >= 15 is 0 Å². The van der Waals surface area contributed by atoms with Crippen LogP contribution >= 0.6 is 11.6 Å². The minimum Gasteiger partial charge on any atom is -0.386 e. The number of anilines is 2. The van der Waals surface area contributed by atoms with Crippen molar-refractivity contribution in [3.8, 4) is 0 Å². The number of benzene rings is 1. The first-order valence-corrected chi connectivity index (χ1v) is 5.87. The average molecular weight is 280 g/mol. The molecule has 0 aliphatic heterocycles. The van der Waals surface area contributed by atoms with Crippen molar-refractivity contribution in [3.05, 3.63) is 53.1 Å². The van der Waals surface area contributed by atoms with Gasteiger partial charge in [-0.1, -0.05) is 11.6 Å². The van der Waals surface area contributed by atoms with E-state index in [1.165, 1.54) is 30.6 Å². The summed E-state index contributed by atoms with van der Waals surface area (Å²) in [4.78, 5) is 16.0. The Morgan fingerprint density at radius 1 is 1.37 bits per heavy atom. The van der Waals surface area contributed by atoms with Gasteiger partial charge in [0.1, 0.15) is 5.82 Å². The lowest BCUT2D eigenvalue weighted by atomic mass is 10.2. The van der Waals surface area contributed by atoms with Gasteiger partial charge in [-0.05, 0) is 24.3 Å². The summed E-state index contributed by atoms with van der Waals surface area (Å²) in [5, 5.41) is 5.67. The predicted molar refractivity (Wildman–Crippen MR) is 73.1 cm³/mol. The number of nitrogens with zero attached hydrogens (tertiary/aromatic N) is 1. The minimum absolute atomic E-state index is 0.221. The molecule has 2 N–H and O–H groups in total. The van der Waals surface area contributed by atoms with Crippen LogP contribution in [0.4, 0.5) is 15.8 Å². The van der Waals surface area contributed by atoms with Gasteiger partial charge in [-0.15, -0.1) is 0 Å². The first kappa shape index (κ1) is 13.3. The number of amides is 1. The van der Waals surface area contributed by atoms with Gasteiger partial charge in [0.15, 0.2) is 0 Å². The number of carbonyl (C=O) groups excluding carboxylic acids is 1. The number of carbonyl (C=O) groups is 1. The highest BCUT2D eigenvalue weighted by atomic mass is 35.5. The van der Waals surface area contributed by atoms with Crippen LogP contribution in [0, 0.1) is 5.82 Å². The number of hydrogen-bond acceptors (Lipinski definition) is 3. The Bertz CT molecular complexity index is 598. The Kier molecular flexibility index (Phi) is 3.97. The van der Waals surface area contributed by atoms with Gasteiger partial charge in [-0.2, -0.15) is 0 Å². The second-order valence-electron chi connectivity index (χ2n) is 3.78. The Morgan fingerprint density at radius 3 is 2.84 bits per heavy atom. The third kappa shape index (κ3) is 3.20. The van der Waals surface area contributed by atoms with Gasteiger partial charge in [0.25, 0.3) is 5.91 Å². The molecule has 0 fully saturated rings. The fourth-order valence-corrected chi connectivity index (χ4v) is 1.84. The minimum atomic E-state index is -0.508. The van der Waals surface area contributed by atoms with E-state index in [1.54, 1.807) is 13.1 Å². The van der Waals surface area contributed by atoms with E-state index in [2.05, 4.69) is 15.6 Å². The summed E-state index contributed by atoms with van der Waals surface area (Å²) in [7, 11) is 1.69. The summed E-state index contributed by atoms with van der Waals surface area (Å²) in [6.07, 6.45) is 3.04.